The summed E-state index contributed by atoms with van der Waals surface area (Å²) in [6.45, 7) is 5.33. The number of hydrazine groups is 1. The second-order valence-electron chi connectivity index (χ2n) is 9.26. The Morgan fingerprint density at radius 1 is 1.18 bits per heavy atom. The number of ketones is 1. The van der Waals surface area contributed by atoms with Crippen LogP contribution in [0.2, 0.25) is 0 Å². The number of hydrogen-bond donors (Lipinski definition) is 3. The van der Waals surface area contributed by atoms with E-state index in [0.717, 1.165) is 24.8 Å². The number of thiophene rings is 1. The minimum atomic E-state index is -0.118. The molecule has 3 heterocycles. The van der Waals surface area contributed by atoms with Crippen LogP contribution in [0.5, 0.6) is 0 Å². The molecule has 38 heavy (non-hydrogen) atoms. The van der Waals surface area contributed by atoms with Gasteiger partial charge in [0.15, 0.2) is 9.74 Å². The van der Waals surface area contributed by atoms with Gasteiger partial charge in [-0.15, -0.1) is 11.3 Å². The average molecular weight is 573 g/mol. The van der Waals surface area contributed by atoms with E-state index < -0.39 is 0 Å². The first-order valence-electron chi connectivity index (χ1n) is 12.5. The van der Waals surface area contributed by atoms with E-state index in [-0.39, 0.29) is 23.6 Å². The van der Waals surface area contributed by atoms with Gasteiger partial charge in [-0.05, 0) is 50.5 Å². The molecule has 5 N–H and O–H groups in total. The number of Topliss-reactive ketones (excluding diaryl/α,β-unsaturated/α-hetero) is 1. The summed E-state index contributed by atoms with van der Waals surface area (Å²) < 4.78 is 0.453. The minimum Gasteiger partial charge on any atom is -0.396 e. The number of hydrogen-bond acceptors (Lipinski definition) is 9. The van der Waals surface area contributed by atoms with Crippen molar-refractivity contribution in [3.8, 4) is 0 Å². The molecule has 0 bridgehead atoms. The highest BCUT2D eigenvalue weighted by atomic mass is 32.1. The third-order valence-corrected chi connectivity index (χ3v) is 8.80. The Morgan fingerprint density at radius 3 is 2.63 bits per heavy atom. The molecule has 2 aliphatic rings. The molecule has 1 fully saturated rings. The summed E-state index contributed by atoms with van der Waals surface area (Å²) in [5.74, 6) is 6.51. The molecule has 1 saturated heterocycles. The number of aromatic amines is 1. The third kappa shape index (κ3) is 6.15. The average Bonchev–Trinajstić information content (AvgIpc) is 3.56. The fourth-order valence-electron chi connectivity index (χ4n) is 4.46. The molecule has 1 unspecified atom stereocenters. The summed E-state index contributed by atoms with van der Waals surface area (Å²) in [5, 5.41) is 1.26. The number of aromatic nitrogens is 1. The van der Waals surface area contributed by atoms with Crippen molar-refractivity contribution in [2.24, 2.45) is 11.6 Å². The number of nitrogens with zero attached hydrogens (tertiary/aromatic N) is 3. The van der Waals surface area contributed by atoms with E-state index in [2.05, 4.69) is 4.98 Å². The van der Waals surface area contributed by atoms with E-state index in [1.807, 2.05) is 37.0 Å². The van der Waals surface area contributed by atoms with Gasteiger partial charge in [-0.1, -0.05) is 36.5 Å². The quantitative estimate of drug-likeness (QED) is 0.185. The molecule has 4 rings (SSSR count). The summed E-state index contributed by atoms with van der Waals surface area (Å²) in [5.41, 5.74) is 7.40. The fraction of sp³-hybridized carbons (Fsp3) is 0.385. The maximum absolute atomic E-state index is 13.3. The number of anilines is 1. The van der Waals surface area contributed by atoms with Crippen LogP contribution in [-0.2, 0) is 4.79 Å². The second-order valence-corrected chi connectivity index (χ2v) is 12.0. The van der Waals surface area contributed by atoms with Crippen molar-refractivity contribution in [2.45, 2.75) is 45.6 Å². The highest BCUT2D eigenvalue weighted by Gasteiger charge is 2.31. The molecular formula is C26H32N6O3S3. The first kappa shape index (κ1) is 28.0. The number of nitrogens with one attached hydrogen (secondary N) is 1. The maximum Gasteiger partial charge on any atom is 0.264 e. The molecule has 1 atom stereocenters. The molecule has 12 heteroatoms. The number of carbonyl (C=O) groups excluding carboxylic acids is 3. The Morgan fingerprint density at radius 2 is 1.95 bits per heavy atom. The monoisotopic (exact) mass is 572 g/mol. The lowest BCUT2D eigenvalue weighted by Gasteiger charge is -2.40. The molecule has 202 valence electrons. The van der Waals surface area contributed by atoms with Crippen molar-refractivity contribution in [3.63, 3.8) is 0 Å². The Bertz CT molecular complexity index is 1370. The normalized spacial score (nSPS) is 17.9. The van der Waals surface area contributed by atoms with Crippen molar-refractivity contribution >= 4 is 64.0 Å². The summed E-state index contributed by atoms with van der Waals surface area (Å²) in [6, 6.07) is 3.41. The van der Waals surface area contributed by atoms with Crippen molar-refractivity contribution in [1.29, 1.82) is 0 Å². The van der Waals surface area contributed by atoms with Crippen LogP contribution in [-0.4, -0.2) is 58.1 Å². The van der Waals surface area contributed by atoms with Crippen LogP contribution in [0.25, 0.3) is 5.70 Å². The van der Waals surface area contributed by atoms with Crippen LogP contribution < -0.4 is 16.6 Å². The van der Waals surface area contributed by atoms with E-state index in [9.17, 15) is 14.4 Å². The van der Waals surface area contributed by atoms with Gasteiger partial charge >= 0.3 is 0 Å². The van der Waals surface area contributed by atoms with Crippen LogP contribution in [0.15, 0.2) is 42.1 Å². The van der Waals surface area contributed by atoms with Gasteiger partial charge in [-0.2, -0.15) is 0 Å². The zero-order valence-electron chi connectivity index (χ0n) is 21.4. The summed E-state index contributed by atoms with van der Waals surface area (Å²) in [7, 11) is 0. The number of rotatable bonds is 8. The number of nitrogens with two attached hydrogens (primary N) is 2. The van der Waals surface area contributed by atoms with Gasteiger partial charge in [-0.3, -0.25) is 19.4 Å². The van der Waals surface area contributed by atoms with E-state index in [0.29, 0.717) is 56.2 Å². The molecule has 1 aliphatic carbocycles. The first-order chi connectivity index (χ1) is 18.2. The zero-order valence-corrected chi connectivity index (χ0v) is 23.9. The fourth-order valence-corrected chi connectivity index (χ4v) is 6.49. The van der Waals surface area contributed by atoms with E-state index in [1.165, 1.54) is 33.9 Å². The van der Waals surface area contributed by atoms with Gasteiger partial charge in [0.25, 0.3) is 11.8 Å². The van der Waals surface area contributed by atoms with Gasteiger partial charge in [0.05, 0.1) is 15.5 Å². The van der Waals surface area contributed by atoms with Crippen LogP contribution >= 0.6 is 34.9 Å². The predicted molar refractivity (Wildman–Crippen MR) is 155 cm³/mol. The van der Waals surface area contributed by atoms with Gasteiger partial charge in [0.1, 0.15) is 10.7 Å². The second kappa shape index (κ2) is 12.2. The van der Waals surface area contributed by atoms with Crippen LogP contribution in [0.1, 0.15) is 63.8 Å². The standard InChI is InChI=1S/C26H32N6O3S3/c1-3-7-19(33)22-23(29-26(36)38-22)32(28)15-18(27)20-10-11-21(37-20)25(35)31-13-12-30(14-16(31)2)24(34)17-8-5-4-6-9-17/h5,8-11,15-16H,3-4,6-7,12-14,27-28H2,1-2H3,(H,29,36)/b18-15-. The number of amides is 2. The Kier molecular flexibility index (Phi) is 8.98. The molecule has 0 aromatic carbocycles. The molecule has 2 aromatic rings. The van der Waals surface area contributed by atoms with Gasteiger partial charge in [0.2, 0.25) is 0 Å². The van der Waals surface area contributed by atoms with Crippen LogP contribution in [0.4, 0.5) is 5.82 Å². The largest absolute Gasteiger partial charge is 0.396 e. The molecule has 2 amide bonds. The minimum absolute atomic E-state index is 0.0214. The van der Waals surface area contributed by atoms with Crippen LogP contribution in [0, 0.1) is 3.95 Å². The van der Waals surface area contributed by atoms with E-state index in [1.54, 1.807) is 17.0 Å². The highest BCUT2D eigenvalue weighted by Crippen LogP contribution is 2.28. The SMILES string of the molecule is CCCC(=O)c1sc(=S)[nH]c1N(N)/C=C(\N)c1ccc(C(=O)N2CCN(C(=O)C3=CCCC=C3)CC2C)s1. The number of carbonyl (C=O) groups is 3. The predicted octanol–water partition coefficient (Wildman–Crippen LogP) is 4.44. The highest BCUT2D eigenvalue weighted by molar-refractivity contribution is 7.73. The van der Waals surface area contributed by atoms with Gasteiger partial charge in [-0.25, -0.2) is 5.84 Å². The molecular weight excluding hydrogens is 541 g/mol. The number of allylic oxidation sites excluding steroid dienone is 2. The first-order valence-corrected chi connectivity index (χ1v) is 14.6. The zero-order chi connectivity index (χ0) is 27.4. The van der Waals surface area contributed by atoms with Crippen LogP contribution in [0.3, 0.4) is 0 Å². The summed E-state index contributed by atoms with van der Waals surface area (Å²) in [4.78, 5) is 46.9. The van der Waals surface area contributed by atoms with Crippen molar-refractivity contribution < 1.29 is 14.4 Å². The molecule has 1 aliphatic heterocycles. The number of H-pyrrole nitrogens is 1. The molecule has 0 spiro atoms. The molecule has 0 radical (unpaired) electrons. The smallest absolute Gasteiger partial charge is 0.264 e. The Labute approximate surface area is 235 Å². The Balaban J connectivity index is 1.43. The lowest BCUT2D eigenvalue weighted by Crippen LogP contribution is -2.55. The van der Waals surface area contributed by atoms with Gasteiger partial charge < -0.3 is 20.5 Å². The van der Waals surface area contributed by atoms with E-state index >= 15 is 0 Å². The summed E-state index contributed by atoms with van der Waals surface area (Å²) in [6.07, 6.45) is 10.4. The topological polar surface area (TPSA) is 129 Å². The number of piperazine rings is 1. The molecule has 2 aromatic heterocycles. The maximum atomic E-state index is 13.3. The Hall–Kier alpha value is -3.06. The number of thiazole rings is 1. The van der Waals surface area contributed by atoms with E-state index in [4.69, 9.17) is 23.8 Å². The molecule has 9 nitrogen and oxygen atoms in total. The lowest BCUT2D eigenvalue weighted by molar-refractivity contribution is -0.129. The van der Waals surface area contributed by atoms with Crippen molar-refractivity contribution in [1.82, 2.24) is 14.8 Å². The summed E-state index contributed by atoms with van der Waals surface area (Å²) >= 11 is 7.68. The van der Waals surface area contributed by atoms with Crippen molar-refractivity contribution in [3.05, 3.63) is 60.7 Å². The molecule has 0 saturated carbocycles. The van der Waals surface area contributed by atoms with Crippen molar-refractivity contribution in [2.75, 3.05) is 24.6 Å². The lowest BCUT2D eigenvalue weighted by atomic mass is 10.0. The third-order valence-electron chi connectivity index (χ3n) is 6.42. The van der Waals surface area contributed by atoms with Gasteiger partial charge in [0, 0.05) is 43.9 Å².